The average Bonchev–Trinajstić information content (AvgIpc) is 2.98. The molecule has 1 atom stereocenters. The fourth-order valence-electron chi connectivity index (χ4n) is 2.41. The van der Waals surface area contributed by atoms with Crippen molar-refractivity contribution in [3.05, 3.63) is 40.1 Å². The number of thiazole rings is 1. The number of hydrogen-bond donors (Lipinski definition) is 2. The molecule has 3 rings (SSSR count). The quantitative estimate of drug-likeness (QED) is 0.886. The largest absolute Gasteiger partial charge is 0.357 e. The molecule has 1 amide bonds. The highest BCUT2D eigenvalue weighted by Gasteiger charge is 2.33. The summed E-state index contributed by atoms with van der Waals surface area (Å²) in [5, 5.41) is 6.04. The van der Waals surface area contributed by atoms with Crippen LogP contribution in [0, 0.1) is 0 Å². The number of nitrogens with one attached hydrogen (secondary N) is 2. The summed E-state index contributed by atoms with van der Waals surface area (Å²) in [7, 11) is 0. The van der Waals surface area contributed by atoms with Crippen LogP contribution in [0.3, 0.4) is 0 Å². The third kappa shape index (κ3) is 2.38. The molecule has 0 saturated heterocycles. The summed E-state index contributed by atoms with van der Waals surface area (Å²) >= 11 is 1.58. The first-order chi connectivity index (χ1) is 9.64. The highest BCUT2D eigenvalue weighted by atomic mass is 32.1. The fraction of sp³-hybridized carbons (Fsp3) is 0.467. The average molecular weight is 289 g/mol. The van der Waals surface area contributed by atoms with Gasteiger partial charge in [0.2, 0.25) is 0 Å². The van der Waals surface area contributed by atoms with Gasteiger partial charge in [0.25, 0.3) is 5.91 Å². The van der Waals surface area contributed by atoms with Gasteiger partial charge in [0.1, 0.15) is 10.7 Å². The van der Waals surface area contributed by atoms with Crippen LogP contribution >= 0.6 is 11.3 Å². The zero-order chi connectivity index (χ0) is 14.2. The topological polar surface area (TPSA) is 57.8 Å². The van der Waals surface area contributed by atoms with E-state index < -0.39 is 5.54 Å². The van der Waals surface area contributed by atoms with Gasteiger partial charge in [0.15, 0.2) is 0 Å². The highest BCUT2D eigenvalue weighted by molar-refractivity contribution is 7.09. The lowest BCUT2D eigenvalue weighted by molar-refractivity contribution is 0.0896. The SMILES string of the molecule is CCC(C)(NC(=O)c1[nH]ccc1C1CC1)c1nccs1. The zero-order valence-corrected chi connectivity index (χ0v) is 12.6. The lowest BCUT2D eigenvalue weighted by Crippen LogP contribution is -2.43. The monoisotopic (exact) mass is 289 g/mol. The van der Waals surface area contributed by atoms with Crippen LogP contribution in [-0.2, 0) is 5.54 Å². The highest BCUT2D eigenvalue weighted by Crippen LogP contribution is 2.41. The number of hydrogen-bond acceptors (Lipinski definition) is 3. The first-order valence-corrected chi connectivity index (χ1v) is 7.92. The molecule has 2 aromatic rings. The standard InChI is InChI=1S/C15H19N3OS/c1-3-15(2,14-17-8-9-20-14)18-13(19)12-11(6-7-16-12)10-4-5-10/h6-10,16H,3-5H2,1-2H3,(H,18,19). The summed E-state index contributed by atoms with van der Waals surface area (Å²) in [6.45, 7) is 4.10. The summed E-state index contributed by atoms with van der Waals surface area (Å²) in [5.74, 6) is 0.534. The molecule has 0 aromatic carbocycles. The van der Waals surface area contributed by atoms with Crippen LogP contribution in [0.2, 0.25) is 0 Å². The first kappa shape index (κ1) is 13.4. The zero-order valence-electron chi connectivity index (χ0n) is 11.8. The number of carbonyl (C=O) groups excluding carboxylic acids is 1. The van der Waals surface area contributed by atoms with Gasteiger partial charge in [-0.3, -0.25) is 4.79 Å². The normalized spacial score (nSPS) is 17.7. The molecule has 1 unspecified atom stereocenters. The smallest absolute Gasteiger partial charge is 0.268 e. The molecule has 0 bridgehead atoms. The van der Waals surface area contributed by atoms with Crippen LogP contribution in [0.5, 0.6) is 0 Å². The maximum Gasteiger partial charge on any atom is 0.268 e. The van der Waals surface area contributed by atoms with E-state index in [1.807, 2.05) is 24.6 Å². The molecule has 2 N–H and O–H groups in total. The number of rotatable bonds is 5. The number of carbonyl (C=O) groups is 1. The van der Waals surface area contributed by atoms with Crippen LogP contribution in [-0.4, -0.2) is 15.9 Å². The Kier molecular flexibility index (Phi) is 3.38. The van der Waals surface area contributed by atoms with E-state index in [1.54, 1.807) is 17.5 Å². The second-order valence-corrected chi connectivity index (χ2v) is 6.45. The molecule has 2 heterocycles. The predicted molar refractivity (Wildman–Crippen MR) is 80.0 cm³/mol. The van der Waals surface area contributed by atoms with E-state index in [0.717, 1.165) is 17.0 Å². The maximum atomic E-state index is 12.6. The summed E-state index contributed by atoms with van der Waals surface area (Å²) in [6.07, 6.45) is 6.83. The van der Waals surface area contributed by atoms with Gasteiger partial charge < -0.3 is 10.3 Å². The Balaban J connectivity index is 1.82. The van der Waals surface area contributed by atoms with Crippen molar-refractivity contribution >= 4 is 17.2 Å². The molecule has 1 fully saturated rings. The third-order valence-corrected chi connectivity index (χ3v) is 5.06. The minimum atomic E-state index is -0.406. The molecule has 0 aliphatic heterocycles. The molecule has 5 heteroatoms. The van der Waals surface area contributed by atoms with E-state index in [9.17, 15) is 4.79 Å². The Morgan fingerprint density at radius 1 is 1.60 bits per heavy atom. The second-order valence-electron chi connectivity index (χ2n) is 5.56. The predicted octanol–water partition coefficient (Wildman–Crippen LogP) is 3.40. The number of aromatic nitrogens is 2. The third-order valence-electron chi connectivity index (χ3n) is 4.02. The Labute approximate surface area is 122 Å². The van der Waals surface area contributed by atoms with Crippen molar-refractivity contribution < 1.29 is 4.79 Å². The molecule has 1 aliphatic rings. The van der Waals surface area contributed by atoms with E-state index in [0.29, 0.717) is 11.6 Å². The molecular formula is C15H19N3OS. The van der Waals surface area contributed by atoms with Crippen molar-refractivity contribution in [3.63, 3.8) is 0 Å². The summed E-state index contributed by atoms with van der Waals surface area (Å²) in [6, 6.07) is 2.03. The van der Waals surface area contributed by atoms with Gasteiger partial charge in [-0.1, -0.05) is 6.92 Å². The van der Waals surface area contributed by atoms with Crippen molar-refractivity contribution in [3.8, 4) is 0 Å². The van der Waals surface area contributed by atoms with Crippen molar-refractivity contribution in [2.24, 2.45) is 0 Å². The Hall–Kier alpha value is -1.62. The Morgan fingerprint density at radius 2 is 2.40 bits per heavy atom. The Morgan fingerprint density at radius 3 is 3.00 bits per heavy atom. The van der Waals surface area contributed by atoms with E-state index in [-0.39, 0.29) is 5.91 Å². The van der Waals surface area contributed by atoms with Crippen molar-refractivity contribution in [2.45, 2.75) is 44.6 Å². The van der Waals surface area contributed by atoms with Gasteiger partial charge in [-0.05, 0) is 43.7 Å². The number of amides is 1. The van der Waals surface area contributed by atoms with Gasteiger partial charge >= 0.3 is 0 Å². The molecule has 0 spiro atoms. The maximum absolute atomic E-state index is 12.6. The minimum absolute atomic E-state index is 0.0311. The number of H-pyrrole nitrogens is 1. The van der Waals surface area contributed by atoms with Crippen LogP contribution in [0.25, 0.3) is 0 Å². The summed E-state index contributed by atoms with van der Waals surface area (Å²) in [5.41, 5.74) is 1.46. The van der Waals surface area contributed by atoms with E-state index in [4.69, 9.17) is 0 Å². The van der Waals surface area contributed by atoms with Gasteiger partial charge in [0.05, 0.1) is 5.54 Å². The van der Waals surface area contributed by atoms with Crippen LogP contribution in [0.4, 0.5) is 0 Å². The summed E-state index contributed by atoms with van der Waals surface area (Å²) < 4.78 is 0. The minimum Gasteiger partial charge on any atom is -0.357 e. The van der Waals surface area contributed by atoms with Gasteiger partial charge in [-0.25, -0.2) is 4.98 Å². The molecule has 1 aliphatic carbocycles. The van der Waals surface area contributed by atoms with Crippen LogP contribution < -0.4 is 5.32 Å². The first-order valence-electron chi connectivity index (χ1n) is 7.04. The Bertz CT molecular complexity index is 600. The van der Waals surface area contributed by atoms with Gasteiger partial charge in [-0.15, -0.1) is 11.3 Å². The fourth-order valence-corrected chi connectivity index (χ4v) is 3.24. The van der Waals surface area contributed by atoms with Crippen molar-refractivity contribution in [1.29, 1.82) is 0 Å². The molecule has 4 nitrogen and oxygen atoms in total. The van der Waals surface area contributed by atoms with Crippen molar-refractivity contribution in [2.75, 3.05) is 0 Å². The lowest BCUT2D eigenvalue weighted by Gasteiger charge is -2.27. The lowest BCUT2D eigenvalue weighted by atomic mass is 9.99. The van der Waals surface area contributed by atoms with Crippen molar-refractivity contribution in [1.82, 2.24) is 15.3 Å². The second kappa shape index (κ2) is 5.05. The van der Waals surface area contributed by atoms with Crippen LogP contribution in [0.15, 0.2) is 23.8 Å². The van der Waals surface area contributed by atoms with Gasteiger partial charge in [-0.2, -0.15) is 0 Å². The summed E-state index contributed by atoms with van der Waals surface area (Å²) in [4.78, 5) is 20.0. The van der Waals surface area contributed by atoms with E-state index in [1.165, 1.54) is 12.8 Å². The molecule has 20 heavy (non-hydrogen) atoms. The molecule has 106 valence electrons. The number of aromatic amines is 1. The molecule has 0 radical (unpaired) electrons. The number of nitrogens with zero attached hydrogens (tertiary/aromatic N) is 1. The van der Waals surface area contributed by atoms with Gasteiger partial charge in [0, 0.05) is 17.8 Å². The molecular weight excluding hydrogens is 270 g/mol. The van der Waals surface area contributed by atoms with E-state index in [2.05, 4.69) is 22.2 Å². The molecule has 2 aromatic heterocycles. The van der Waals surface area contributed by atoms with Crippen LogP contribution in [0.1, 0.15) is 60.1 Å². The molecule has 1 saturated carbocycles. The van der Waals surface area contributed by atoms with E-state index >= 15 is 0 Å².